The van der Waals surface area contributed by atoms with E-state index in [-0.39, 0.29) is 5.41 Å². The Morgan fingerprint density at radius 1 is 0.933 bits per heavy atom. The maximum absolute atomic E-state index is 14.2. The predicted octanol–water partition coefficient (Wildman–Crippen LogP) is 5.75. The van der Waals surface area contributed by atoms with Gasteiger partial charge in [-0.1, -0.05) is 32.0 Å². The molecule has 3 heterocycles. The third-order valence-corrected chi connectivity index (χ3v) is 11.2. The van der Waals surface area contributed by atoms with Gasteiger partial charge in [0.05, 0.1) is 26.2 Å². The lowest BCUT2D eigenvalue weighted by Gasteiger charge is -2.39. The molecule has 0 N–H and O–H groups in total. The molecule has 242 valence electrons. The molecular formula is C34H44N4O5S2. The summed E-state index contributed by atoms with van der Waals surface area (Å²) in [5.74, 6) is 1.98. The number of sulfonamides is 1. The zero-order valence-electron chi connectivity index (χ0n) is 26.9. The first-order valence-corrected chi connectivity index (χ1v) is 17.6. The van der Waals surface area contributed by atoms with Gasteiger partial charge >= 0.3 is 0 Å². The van der Waals surface area contributed by atoms with Crippen molar-refractivity contribution in [2.75, 3.05) is 60.6 Å². The molecule has 1 saturated heterocycles. The molecule has 9 nitrogen and oxygen atoms in total. The van der Waals surface area contributed by atoms with E-state index in [1.807, 2.05) is 35.0 Å². The van der Waals surface area contributed by atoms with E-state index in [0.717, 1.165) is 62.2 Å². The average molecular weight is 653 g/mol. The quantitative estimate of drug-likeness (QED) is 0.170. The van der Waals surface area contributed by atoms with Crippen LogP contribution in [0.25, 0.3) is 10.8 Å². The van der Waals surface area contributed by atoms with Crippen molar-refractivity contribution >= 4 is 32.1 Å². The van der Waals surface area contributed by atoms with E-state index in [2.05, 4.69) is 28.6 Å². The number of nitrogens with zero attached hydrogens (tertiary/aromatic N) is 4. The fourth-order valence-electron chi connectivity index (χ4n) is 6.07. The van der Waals surface area contributed by atoms with Gasteiger partial charge in [-0.3, -0.25) is 9.88 Å². The fraction of sp³-hybridized carbons (Fsp3) is 0.441. The Balaban J connectivity index is 1.23. The molecule has 2 aromatic carbocycles. The number of thiophene rings is 1. The van der Waals surface area contributed by atoms with Gasteiger partial charge in [-0.15, -0.1) is 0 Å². The number of fused-ring (bicyclic) bond motifs is 1. The van der Waals surface area contributed by atoms with Crippen molar-refractivity contribution in [2.24, 2.45) is 5.41 Å². The summed E-state index contributed by atoms with van der Waals surface area (Å²) in [5.41, 5.74) is 1.99. The molecule has 45 heavy (non-hydrogen) atoms. The van der Waals surface area contributed by atoms with Crippen molar-refractivity contribution in [2.45, 2.75) is 38.3 Å². The van der Waals surface area contributed by atoms with E-state index in [4.69, 9.17) is 14.2 Å². The zero-order chi connectivity index (χ0) is 32.0. The highest BCUT2D eigenvalue weighted by Crippen LogP contribution is 2.40. The number of hydrogen-bond donors (Lipinski definition) is 0. The van der Waals surface area contributed by atoms with Crippen molar-refractivity contribution in [3.05, 3.63) is 76.7 Å². The second-order valence-electron chi connectivity index (χ2n) is 12.3. The van der Waals surface area contributed by atoms with Crippen molar-refractivity contribution in [1.29, 1.82) is 0 Å². The minimum atomic E-state index is -3.75. The summed E-state index contributed by atoms with van der Waals surface area (Å²) >= 11 is 1.58. The normalized spacial score (nSPS) is 15.1. The molecule has 0 atom stereocenters. The topological polar surface area (TPSA) is 84.4 Å². The number of pyridine rings is 1. The Morgan fingerprint density at radius 2 is 1.69 bits per heavy atom. The van der Waals surface area contributed by atoms with Crippen LogP contribution < -0.4 is 14.2 Å². The fourth-order valence-corrected chi connectivity index (χ4v) is 8.38. The van der Waals surface area contributed by atoms with Crippen LogP contribution in [0, 0.1) is 5.41 Å². The van der Waals surface area contributed by atoms with Gasteiger partial charge in [-0.2, -0.15) is 15.6 Å². The van der Waals surface area contributed by atoms with Crippen LogP contribution in [0.2, 0.25) is 0 Å². The van der Waals surface area contributed by atoms with E-state index < -0.39 is 10.0 Å². The number of ether oxygens (including phenoxy) is 3. The van der Waals surface area contributed by atoms with Gasteiger partial charge in [-0.25, -0.2) is 8.42 Å². The molecule has 0 aliphatic carbocycles. The summed E-state index contributed by atoms with van der Waals surface area (Å²) in [6.07, 6.45) is 4.11. The second-order valence-corrected chi connectivity index (χ2v) is 15.0. The van der Waals surface area contributed by atoms with Gasteiger partial charge in [0.1, 0.15) is 0 Å². The molecular weight excluding hydrogens is 609 g/mol. The monoisotopic (exact) mass is 652 g/mol. The number of hydrogen-bond acceptors (Lipinski definition) is 9. The molecule has 0 spiro atoms. The van der Waals surface area contributed by atoms with E-state index in [1.165, 1.54) is 0 Å². The zero-order valence-corrected chi connectivity index (χ0v) is 28.5. The number of benzene rings is 2. The summed E-state index contributed by atoms with van der Waals surface area (Å²) in [6.45, 7) is 10.7. The van der Waals surface area contributed by atoms with E-state index >= 15 is 0 Å². The Labute approximate surface area is 271 Å². The summed E-state index contributed by atoms with van der Waals surface area (Å²) in [4.78, 5) is 9.44. The van der Waals surface area contributed by atoms with Crippen molar-refractivity contribution in [3.63, 3.8) is 0 Å². The standard InChI is InChI=1S/C34H44N4O5S2/c1-34(2,25-37-18-16-36(17-19-37)23-28-9-10-30(41-3)33(43-5)32(28)42-4)13-15-38(22-26-12-20-44-24-26)45(39,40)31-8-6-7-27-21-35-14-11-29(27)31/h6-12,14,20-21,24H,13,15-19,22-23,25H2,1-5H3. The highest BCUT2D eigenvalue weighted by Gasteiger charge is 2.31. The van der Waals surface area contributed by atoms with Crippen LogP contribution in [0.3, 0.4) is 0 Å². The van der Waals surface area contributed by atoms with Gasteiger partial charge in [0.2, 0.25) is 15.8 Å². The summed E-state index contributed by atoms with van der Waals surface area (Å²) in [7, 11) is 1.16. The van der Waals surface area contributed by atoms with Crippen LogP contribution in [0.1, 0.15) is 31.4 Å². The Kier molecular flexibility index (Phi) is 10.7. The first-order chi connectivity index (χ1) is 21.6. The van der Waals surface area contributed by atoms with Crippen molar-refractivity contribution in [3.8, 4) is 17.2 Å². The SMILES string of the molecule is COc1ccc(CN2CCN(CC(C)(C)CCN(Cc3ccsc3)S(=O)(=O)c3cccc4cnccc34)CC2)c(OC)c1OC. The molecule has 1 aliphatic heterocycles. The predicted molar refractivity (Wildman–Crippen MR) is 180 cm³/mol. The maximum atomic E-state index is 14.2. The summed E-state index contributed by atoms with van der Waals surface area (Å²) in [6, 6.07) is 13.2. The number of methoxy groups -OCH3 is 3. The molecule has 0 saturated carbocycles. The lowest BCUT2D eigenvalue weighted by atomic mass is 9.88. The van der Waals surface area contributed by atoms with Crippen LogP contribution in [-0.2, 0) is 23.1 Å². The minimum absolute atomic E-state index is 0.0835. The molecule has 5 rings (SSSR count). The van der Waals surface area contributed by atoms with Gasteiger partial charge in [-0.05, 0) is 52.4 Å². The van der Waals surface area contributed by atoms with Crippen molar-refractivity contribution < 1.29 is 22.6 Å². The average Bonchev–Trinajstić information content (AvgIpc) is 3.56. The van der Waals surface area contributed by atoms with E-state index in [9.17, 15) is 8.42 Å². The number of piperazine rings is 1. The Bertz CT molecular complexity index is 1660. The lowest BCUT2D eigenvalue weighted by molar-refractivity contribution is 0.0873. The van der Waals surface area contributed by atoms with Crippen LogP contribution in [-0.4, -0.2) is 88.1 Å². The van der Waals surface area contributed by atoms with Gasteiger partial charge in [0, 0.05) is 81.1 Å². The van der Waals surface area contributed by atoms with Gasteiger partial charge < -0.3 is 19.1 Å². The summed E-state index contributed by atoms with van der Waals surface area (Å²) < 4.78 is 46.7. The molecule has 2 aromatic heterocycles. The van der Waals surface area contributed by atoms with E-state index in [1.54, 1.807) is 67.6 Å². The Hall–Kier alpha value is -3.22. The highest BCUT2D eigenvalue weighted by atomic mass is 32.2. The largest absolute Gasteiger partial charge is 0.493 e. The van der Waals surface area contributed by atoms with Crippen molar-refractivity contribution in [1.82, 2.24) is 19.1 Å². The third kappa shape index (κ3) is 7.78. The van der Waals surface area contributed by atoms with Gasteiger partial charge in [0.15, 0.2) is 11.5 Å². The smallest absolute Gasteiger partial charge is 0.243 e. The van der Waals surface area contributed by atoms with Gasteiger partial charge in [0.25, 0.3) is 0 Å². The Morgan fingerprint density at radius 3 is 2.38 bits per heavy atom. The van der Waals surface area contributed by atoms with E-state index in [0.29, 0.717) is 40.6 Å². The molecule has 4 aromatic rings. The summed E-state index contributed by atoms with van der Waals surface area (Å²) in [5, 5.41) is 5.54. The first-order valence-electron chi connectivity index (χ1n) is 15.2. The lowest BCUT2D eigenvalue weighted by Crippen LogP contribution is -2.49. The first kappa shape index (κ1) is 33.2. The molecule has 0 radical (unpaired) electrons. The van der Waals surface area contributed by atoms with Crippen LogP contribution in [0.4, 0.5) is 0 Å². The number of aromatic nitrogens is 1. The number of rotatable bonds is 14. The minimum Gasteiger partial charge on any atom is -0.493 e. The highest BCUT2D eigenvalue weighted by molar-refractivity contribution is 7.89. The molecule has 1 aliphatic rings. The molecule has 0 amide bonds. The molecule has 0 bridgehead atoms. The maximum Gasteiger partial charge on any atom is 0.243 e. The molecule has 11 heteroatoms. The molecule has 0 unspecified atom stereocenters. The van der Waals surface area contributed by atoms with Crippen LogP contribution in [0.15, 0.2) is 70.5 Å². The van der Waals surface area contributed by atoms with Crippen LogP contribution in [0.5, 0.6) is 17.2 Å². The second kappa shape index (κ2) is 14.5. The third-order valence-electron chi connectivity index (χ3n) is 8.53. The van der Waals surface area contributed by atoms with Crippen LogP contribution >= 0.6 is 11.3 Å². The molecule has 1 fully saturated rings.